The molecule has 0 saturated heterocycles. The van der Waals surface area contributed by atoms with Gasteiger partial charge in [-0.3, -0.25) is 13.9 Å². The number of fused-ring (bicyclic) bond motifs is 1. The Morgan fingerprint density at radius 2 is 1.39 bits per heavy atom. The van der Waals surface area contributed by atoms with Crippen LogP contribution in [0.1, 0.15) is 18.1 Å². The van der Waals surface area contributed by atoms with Crippen LogP contribution in [0.4, 0.5) is 21.9 Å². The van der Waals surface area contributed by atoms with E-state index in [0.29, 0.717) is 11.4 Å². The number of nitrogens with one attached hydrogen (secondary N) is 3. The molecule has 0 saturated carbocycles. The molecule has 0 spiro atoms. The summed E-state index contributed by atoms with van der Waals surface area (Å²) >= 11 is 0. The number of anilines is 3. The third-order valence-electron chi connectivity index (χ3n) is 4.62. The van der Waals surface area contributed by atoms with Gasteiger partial charge in [0.1, 0.15) is 0 Å². The maximum atomic E-state index is 12.4. The minimum atomic E-state index is -0.397. The highest BCUT2D eigenvalue weighted by atomic mass is 16.2. The fourth-order valence-corrected chi connectivity index (χ4v) is 3.29. The van der Waals surface area contributed by atoms with Gasteiger partial charge in [-0.2, -0.15) is 0 Å². The summed E-state index contributed by atoms with van der Waals surface area (Å²) in [5, 5.41) is 8.37. The number of aryl methyl sites for hydroxylation is 4. The number of aromatic nitrogens is 2. The van der Waals surface area contributed by atoms with E-state index < -0.39 is 6.03 Å². The molecule has 0 bridgehead atoms. The Morgan fingerprint density at radius 3 is 2.00 bits per heavy atom. The lowest BCUT2D eigenvalue weighted by atomic mass is 10.1. The molecule has 0 aliphatic carbocycles. The fraction of sp³-hybridized carbons (Fsp3) is 0.250. The molecule has 2 aromatic carbocycles. The molecular weight excluding hydrogens is 358 g/mol. The van der Waals surface area contributed by atoms with Crippen LogP contribution < -0.4 is 21.6 Å². The summed E-state index contributed by atoms with van der Waals surface area (Å²) in [5.74, 6) is -0.143. The van der Waals surface area contributed by atoms with Gasteiger partial charge in [-0.25, -0.2) is 9.59 Å². The number of carbonyl (C=O) groups excluding carboxylic acids is 2. The second kappa shape index (κ2) is 7.22. The molecule has 3 aromatic rings. The van der Waals surface area contributed by atoms with E-state index in [9.17, 15) is 14.4 Å². The van der Waals surface area contributed by atoms with E-state index >= 15 is 0 Å². The number of hydrogen-bond acceptors (Lipinski definition) is 3. The van der Waals surface area contributed by atoms with Gasteiger partial charge in [0.15, 0.2) is 0 Å². The minimum absolute atomic E-state index is 0.123. The lowest BCUT2D eigenvalue weighted by Gasteiger charge is -2.14. The Hall–Kier alpha value is -3.55. The second-order valence-electron chi connectivity index (χ2n) is 6.85. The number of benzene rings is 2. The molecule has 8 nitrogen and oxygen atoms in total. The quantitative estimate of drug-likeness (QED) is 0.650. The van der Waals surface area contributed by atoms with Crippen LogP contribution in [0.25, 0.3) is 11.0 Å². The fourth-order valence-electron chi connectivity index (χ4n) is 3.29. The van der Waals surface area contributed by atoms with Crippen molar-refractivity contribution in [1.82, 2.24) is 9.13 Å². The van der Waals surface area contributed by atoms with E-state index in [4.69, 9.17) is 0 Å². The van der Waals surface area contributed by atoms with Gasteiger partial charge < -0.3 is 16.0 Å². The third kappa shape index (κ3) is 3.62. The van der Waals surface area contributed by atoms with Crippen LogP contribution in [0.5, 0.6) is 0 Å². The van der Waals surface area contributed by atoms with Gasteiger partial charge >= 0.3 is 11.7 Å². The SMILES string of the molecule is CC(=O)Nc1c(C)cc(NC(=O)Nc2ccc3c(c2)n(C)c(=O)n3C)cc1C. The first-order valence-corrected chi connectivity index (χ1v) is 8.79. The maximum absolute atomic E-state index is 12.4. The summed E-state index contributed by atoms with van der Waals surface area (Å²) in [4.78, 5) is 35.7. The normalized spacial score (nSPS) is 10.8. The van der Waals surface area contributed by atoms with Crippen LogP contribution in [0.15, 0.2) is 35.1 Å². The van der Waals surface area contributed by atoms with Gasteiger partial charge in [0.2, 0.25) is 5.91 Å². The predicted molar refractivity (Wildman–Crippen MR) is 111 cm³/mol. The number of amides is 3. The van der Waals surface area contributed by atoms with Gasteiger partial charge in [-0.05, 0) is 55.3 Å². The first-order chi connectivity index (χ1) is 13.2. The van der Waals surface area contributed by atoms with Gasteiger partial charge in [0, 0.05) is 38.1 Å². The van der Waals surface area contributed by atoms with Crippen molar-refractivity contribution in [1.29, 1.82) is 0 Å². The van der Waals surface area contributed by atoms with Crippen molar-refractivity contribution in [3.05, 3.63) is 51.9 Å². The van der Waals surface area contributed by atoms with E-state index in [1.807, 2.05) is 13.8 Å². The van der Waals surface area contributed by atoms with Crippen molar-refractivity contribution in [2.75, 3.05) is 16.0 Å². The molecule has 8 heteroatoms. The van der Waals surface area contributed by atoms with Crippen LogP contribution in [0.2, 0.25) is 0 Å². The molecule has 0 radical (unpaired) electrons. The largest absolute Gasteiger partial charge is 0.328 e. The average molecular weight is 381 g/mol. The molecule has 3 rings (SSSR count). The lowest BCUT2D eigenvalue weighted by molar-refractivity contribution is -0.114. The molecule has 0 aliphatic heterocycles. The standard InChI is InChI=1S/C20H23N5O3/c1-11-8-15(9-12(2)18(11)21-13(3)26)23-19(27)22-14-6-7-16-17(10-14)25(5)20(28)24(16)4/h6-10H,1-5H3,(H,21,26)(H2,22,23,27). The zero-order valence-electron chi connectivity index (χ0n) is 16.5. The molecule has 28 heavy (non-hydrogen) atoms. The number of urea groups is 1. The van der Waals surface area contributed by atoms with Gasteiger partial charge in [-0.15, -0.1) is 0 Å². The smallest absolute Gasteiger partial charge is 0.326 e. The summed E-state index contributed by atoms with van der Waals surface area (Å²) in [6.07, 6.45) is 0. The highest BCUT2D eigenvalue weighted by molar-refractivity contribution is 6.01. The van der Waals surface area contributed by atoms with E-state index in [1.165, 1.54) is 11.5 Å². The first kappa shape index (κ1) is 19.2. The van der Waals surface area contributed by atoms with Crippen molar-refractivity contribution in [3.8, 4) is 0 Å². The number of rotatable bonds is 3. The Balaban J connectivity index is 1.79. The van der Waals surface area contributed by atoms with Gasteiger partial charge in [0.25, 0.3) is 0 Å². The number of imidazole rings is 1. The van der Waals surface area contributed by atoms with Crippen molar-refractivity contribution < 1.29 is 9.59 Å². The van der Waals surface area contributed by atoms with E-state index in [-0.39, 0.29) is 11.6 Å². The van der Waals surface area contributed by atoms with Crippen LogP contribution in [0.3, 0.4) is 0 Å². The summed E-state index contributed by atoms with van der Waals surface area (Å²) in [7, 11) is 3.40. The monoisotopic (exact) mass is 381 g/mol. The molecule has 146 valence electrons. The molecule has 0 unspecified atom stereocenters. The molecule has 1 aromatic heterocycles. The summed E-state index contributed by atoms with van der Waals surface area (Å²) in [5.41, 5.74) is 5.05. The lowest BCUT2D eigenvalue weighted by Crippen LogP contribution is -2.20. The number of nitrogens with zero attached hydrogens (tertiary/aromatic N) is 2. The van der Waals surface area contributed by atoms with Crippen molar-refractivity contribution >= 4 is 40.0 Å². The third-order valence-corrected chi connectivity index (χ3v) is 4.62. The van der Waals surface area contributed by atoms with Gasteiger partial charge in [0.05, 0.1) is 11.0 Å². The minimum Gasteiger partial charge on any atom is -0.326 e. The zero-order chi connectivity index (χ0) is 20.6. The molecule has 0 fully saturated rings. The number of hydrogen-bond donors (Lipinski definition) is 3. The summed E-state index contributed by atoms with van der Waals surface area (Å²) in [6, 6.07) is 8.49. The Morgan fingerprint density at radius 1 is 0.821 bits per heavy atom. The molecule has 3 amide bonds. The van der Waals surface area contributed by atoms with Crippen LogP contribution >= 0.6 is 0 Å². The van der Waals surface area contributed by atoms with Crippen LogP contribution in [-0.2, 0) is 18.9 Å². The van der Waals surface area contributed by atoms with Crippen LogP contribution in [0, 0.1) is 13.8 Å². The van der Waals surface area contributed by atoms with E-state index in [0.717, 1.165) is 27.8 Å². The topological polar surface area (TPSA) is 97.2 Å². The second-order valence-corrected chi connectivity index (χ2v) is 6.85. The Labute approximate surface area is 162 Å². The van der Waals surface area contributed by atoms with Crippen molar-refractivity contribution in [3.63, 3.8) is 0 Å². The highest BCUT2D eigenvalue weighted by Crippen LogP contribution is 2.25. The van der Waals surface area contributed by atoms with E-state index in [2.05, 4.69) is 16.0 Å². The molecule has 0 aliphatic rings. The molecule has 1 heterocycles. The molecule has 3 N–H and O–H groups in total. The summed E-state index contributed by atoms with van der Waals surface area (Å²) < 4.78 is 3.09. The maximum Gasteiger partial charge on any atom is 0.328 e. The zero-order valence-corrected chi connectivity index (χ0v) is 16.5. The predicted octanol–water partition coefficient (Wildman–Crippen LogP) is 3.10. The first-order valence-electron chi connectivity index (χ1n) is 8.79. The summed E-state index contributed by atoms with van der Waals surface area (Å²) in [6.45, 7) is 5.19. The Bertz CT molecular complexity index is 1130. The average Bonchev–Trinajstić information content (AvgIpc) is 2.82. The molecule has 0 atom stereocenters. The van der Waals surface area contributed by atoms with E-state index in [1.54, 1.807) is 49.0 Å². The van der Waals surface area contributed by atoms with Crippen molar-refractivity contribution in [2.24, 2.45) is 14.1 Å². The van der Waals surface area contributed by atoms with Crippen LogP contribution in [-0.4, -0.2) is 21.1 Å². The highest BCUT2D eigenvalue weighted by Gasteiger charge is 2.11. The number of carbonyl (C=O) groups is 2. The Kier molecular flexibility index (Phi) is 4.96. The van der Waals surface area contributed by atoms with Crippen molar-refractivity contribution in [2.45, 2.75) is 20.8 Å². The molecular formula is C20H23N5O3. The van der Waals surface area contributed by atoms with Gasteiger partial charge in [-0.1, -0.05) is 0 Å².